The summed E-state index contributed by atoms with van der Waals surface area (Å²) in [7, 11) is -3.95. The summed E-state index contributed by atoms with van der Waals surface area (Å²) < 4.78 is 74.8. The lowest BCUT2D eigenvalue weighted by Crippen LogP contribution is -2.44. The number of alkyl halides is 3. The Balaban J connectivity index is 1.71. The van der Waals surface area contributed by atoms with Crippen molar-refractivity contribution in [3.8, 4) is 11.5 Å². The molecule has 1 amide bonds. The average Bonchev–Trinajstić information content (AvgIpc) is 2.83. The number of amides is 1. The van der Waals surface area contributed by atoms with E-state index in [1.165, 1.54) is 22.5 Å². The summed E-state index contributed by atoms with van der Waals surface area (Å²) in [5, 5.41) is 9.19. The number of nitrogens with zero attached hydrogens (tertiary/aromatic N) is 1. The van der Waals surface area contributed by atoms with Gasteiger partial charge in [0.15, 0.2) is 0 Å². The number of hydroxylamine groups is 1. The number of carbonyl (C=O) groups excluding carboxylic acids is 1. The monoisotopic (exact) mass is 516 g/mol. The lowest BCUT2D eigenvalue weighted by Gasteiger charge is -2.34. The molecule has 1 unspecified atom stereocenters. The van der Waals surface area contributed by atoms with Crippen molar-refractivity contribution in [1.82, 2.24) is 9.79 Å². The Hall–Kier alpha value is -2.83. The van der Waals surface area contributed by atoms with Gasteiger partial charge in [-0.25, -0.2) is 13.9 Å². The maximum absolute atomic E-state index is 13.5. The van der Waals surface area contributed by atoms with Crippen molar-refractivity contribution in [3.05, 3.63) is 54.1 Å². The zero-order valence-corrected chi connectivity index (χ0v) is 20.0. The minimum absolute atomic E-state index is 0.00688. The van der Waals surface area contributed by atoms with Crippen molar-refractivity contribution in [1.29, 1.82) is 0 Å². The van der Waals surface area contributed by atoms with Crippen LogP contribution in [0.25, 0.3) is 0 Å². The highest BCUT2D eigenvalue weighted by molar-refractivity contribution is 7.89. The van der Waals surface area contributed by atoms with Crippen LogP contribution in [0.2, 0.25) is 0 Å². The maximum Gasteiger partial charge on any atom is 0.573 e. The van der Waals surface area contributed by atoms with E-state index in [0.717, 1.165) is 12.1 Å². The first-order valence-electron chi connectivity index (χ1n) is 11.0. The van der Waals surface area contributed by atoms with Gasteiger partial charge < -0.3 is 9.47 Å². The van der Waals surface area contributed by atoms with Crippen LogP contribution in [-0.4, -0.2) is 49.4 Å². The summed E-state index contributed by atoms with van der Waals surface area (Å²) in [4.78, 5) is 12.4. The van der Waals surface area contributed by atoms with Crippen molar-refractivity contribution in [2.24, 2.45) is 0 Å². The fourth-order valence-corrected chi connectivity index (χ4v) is 5.78. The van der Waals surface area contributed by atoms with Gasteiger partial charge in [-0.1, -0.05) is 25.1 Å². The molecule has 0 aromatic heterocycles. The van der Waals surface area contributed by atoms with Gasteiger partial charge in [0.05, 0.1) is 10.3 Å². The van der Waals surface area contributed by atoms with Crippen LogP contribution in [0, 0.1) is 0 Å². The Morgan fingerprint density at radius 1 is 1.09 bits per heavy atom. The molecule has 0 saturated carbocycles. The van der Waals surface area contributed by atoms with E-state index >= 15 is 0 Å². The molecule has 8 nitrogen and oxygen atoms in total. The number of benzene rings is 2. The number of nitrogens with one attached hydrogen (secondary N) is 1. The highest BCUT2D eigenvalue weighted by Crippen LogP contribution is 2.35. The van der Waals surface area contributed by atoms with Crippen molar-refractivity contribution >= 4 is 15.9 Å². The van der Waals surface area contributed by atoms with E-state index in [-0.39, 0.29) is 41.8 Å². The Kier molecular flexibility index (Phi) is 7.97. The quantitative estimate of drug-likeness (QED) is 0.406. The first-order valence-corrected chi connectivity index (χ1v) is 12.4. The van der Waals surface area contributed by atoms with E-state index < -0.39 is 27.7 Å². The summed E-state index contributed by atoms with van der Waals surface area (Å²) >= 11 is 0. The molecule has 1 fully saturated rings. The number of ether oxygens (including phenoxy) is 2. The van der Waals surface area contributed by atoms with E-state index in [4.69, 9.17) is 4.74 Å². The van der Waals surface area contributed by atoms with E-state index in [2.05, 4.69) is 4.74 Å². The Labute approximate surface area is 201 Å². The summed E-state index contributed by atoms with van der Waals surface area (Å²) in [6.45, 7) is 3.61. The Morgan fingerprint density at radius 3 is 2.20 bits per heavy atom. The summed E-state index contributed by atoms with van der Waals surface area (Å²) in [5.41, 5.74) is 0.653. The van der Waals surface area contributed by atoms with Gasteiger partial charge in [-0.15, -0.1) is 13.2 Å². The van der Waals surface area contributed by atoms with Gasteiger partial charge in [-0.2, -0.15) is 4.31 Å². The van der Waals surface area contributed by atoms with Crippen LogP contribution in [-0.2, 0) is 20.2 Å². The molecule has 12 heteroatoms. The zero-order chi connectivity index (χ0) is 25.9. The lowest BCUT2D eigenvalue weighted by atomic mass is 9.79. The van der Waals surface area contributed by atoms with E-state index in [1.807, 2.05) is 0 Å². The third-order valence-electron chi connectivity index (χ3n) is 6.17. The molecule has 0 radical (unpaired) electrons. The maximum atomic E-state index is 13.5. The molecule has 0 aliphatic carbocycles. The predicted molar refractivity (Wildman–Crippen MR) is 120 cm³/mol. The van der Waals surface area contributed by atoms with Crippen molar-refractivity contribution in [2.45, 2.75) is 55.9 Å². The van der Waals surface area contributed by atoms with Crippen molar-refractivity contribution < 1.29 is 41.1 Å². The molecule has 2 N–H and O–H groups in total. The van der Waals surface area contributed by atoms with E-state index in [1.54, 1.807) is 37.5 Å². The molecule has 0 bridgehead atoms. The number of halogens is 3. The molecule has 0 spiro atoms. The molecular formula is C23H27F3N2O6S. The summed E-state index contributed by atoms with van der Waals surface area (Å²) in [6, 6.07) is 11.2. The minimum Gasteiger partial charge on any atom is -0.490 e. The standard InChI is InChI=1S/C23H27F3N2O6S/c1-3-22(2,21(29)27-30)19-6-4-5-7-20(19)35(31,32)28-14-12-17(13-15-28)33-16-8-10-18(11-9-16)34-23(24,25)26/h4-11,17,30H,3,12-15H2,1-2H3,(H,27,29). The molecule has 3 rings (SSSR count). The lowest BCUT2D eigenvalue weighted by molar-refractivity contribution is -0.274. The second-order valence-electron chi connectivity index (χ2n) is 8.36. The first kappa shape index (κ1) is 26.8. The summed E-state index contributed by atoms with van der Waals surface area (Å²) in [5.74, 6) is -0.722. The Morgan fingerprint density at radius 2 is 1.66 bits per heavy atom. The number of hydrogen-bond acceptors (Lipinski definition) is 6. The third-order valence-corrected chi connectivity index (χ3v) is 8.13. The first-order chi connectivity index (χ1) is 16.4. The average molecular weight is 517 g/mol. The summed E-state index contributed by atoms with van der Waals surface area (Å²) in [6.07, 6.45) is -4.12. The van der Waals surface area contributed by atoms with Gasteiger partial charge in [-0.05, 0) is 62.1 Å². The fraction of sp³-hybridized carbons (Fsp3) is 0.435. The molecule has 2 aromatic carbocycles. The van der Waals surface area contributed by atoms with E-state index in [0.29, 0.717) is 18.6 Å². The van der Waals surface area contributed by atoms with Crippen LogP contribution in [0.1, 0.15) is 38.7 Å². The Bertz CT molecular complexity index is 1130. The predicted octanol–water partition coefficient (Wildman–Crippen LogP) is 3.99. The molecule has 1 heterocycles. The van der Waals surface area contributed by atoms with Gasteiger partial charge in [0, 0.05) is 13.1 Å². The molecule has 1 saturated heterocycles. The van der Waals surface area contributed by atoms with Crippen LogP contribution in [0.15, 0.2) is 53.4 Å². The zero-order valence-electron chi connectivity index (χ0n) is 19.2. The molecule has 35 heavy (non-hydrogen) atoms. The van der Waals surface area contributed by atoms with Crippen LogP contribution >= 0.6 is 0 Å². The molecular weight excluding hydrogens is 489 g/mol. The number of sulfonamides is 1. The van der Waals surface area contributed by atoms with Gasteiger partial charge in [0.25, 0.3) is 5.91 Å². The van der Waals surface area contributed by atoms with Crippen molar-refractivity contribution in [2.75, 3.05) is 13.1 Å². The topological polar surface area (TPSA) is 105 Å². The van der Waals surface area contributed by atoms with Crippen LogP contribution in [0.5, 0.6) is 11.5 Å². The van der Waals surface area contributed by atoms with Crippen molar-refractivity contribution in [3.63, 3.8) is 0 Å². The van der Waals surface area contributed by atoms with Crippen LogP contribution in [0.3, 0.4) is 0 Å². The van der Waals surface area contributed by atoms with Gasteiger partial charge in [0.2, 0.25) is 10.0 Å². The fourth-order valence-electron chi connectivity index (χ4n) is 3.99. The van der Waals surface area contributed by atoms with Crippen LogP contribution in [0.4, 0.5) is 13.2 Å². The number of piperidine rings is 1. The SMILES string of the molecule is CCC(C)(C(=O)NO)c1ccccc1S(=O)(=O)N1CCC(Oc2ccc(OC(F)(F)F)cc2)CC1. The molecule has 1 atom stereocenters. The smallest absolute Gasteiger partial charge is 0.490 e. The molecule has 1 aliphatic rings. The molecule has 2 aromatic rings. The molecule has 192 valence electrons. The van der Waals surface area contributed by atoms with Gasteiger partial charge in [0.1, 0.15) is 17.6 Å². The highest BCUT2D eigenvalue weighted by Gasteiger charge is 2.40. The second-order valence-corrected chi connectivity index (χ2v) is 10.3. The number of rotatable bonds is 8. The minimum atomic E-state index is -4.78. The van der Waals surface area contributed by atoms with E-state index in [9.17, 15) is 31.6 Å². The molecule has 1 aliphatic heterocycles. The highest BCUT2D eigenvalue weighted by atomic mass is 32.2. The number of carbonyl (C=O) groups is 1. The second kappa shape index (κ2) is 10.4. The van der Waals surface area contributed by atoms with Crippen LogP contribution < -0.4 is 15.0 Å². The largest absolute Gasteiger partial charge is 0.573 e. The van der Waals surface area contributed by atoms with Gasteiger partial charge in [-0.3, -0.25) is 10.0 Å². The normalized spacial score (nSPS) is 17.4. The third kappa shape index (κ3) is 6.06. The van der Waals surface area contributed by atoms with Gasteiger partial charge >= 0.3 is 6.36 Å². The number of hydrogen-bond donors (Lipinski definition) is 2.